The van der Waals surface area contributed by atoms with Crippen molar-refractivity contribution in [1.29, 1.82) is 0 Å². The Hall–Kier alpha value is -1.31. The molecule has 9 heteroatoms. The zero-order valence-electron chi connectivity index (χ0n) is 9.98. The number of piperazine rings is 1. The molecule has 2 amide bonds. The summed E-state index contributed by atoms with van der Waals surface area (Å²) in [5.41, 5.74) is 0.666. The van der Waals surface area contributed by atoms with Crippen LogP contribution in [0.4, 0.5) is 0 Å². The summed E-state index contributed by atoms with van der Waals surface area (Å²) in [4.78, 5) is 34.2. The highest BCUT2D eigenvalue weighted by Crippen LogP contribution is 2.32. The van der Waals surface area contributed by atoms with Gasteiger partial charge in [0.25, 0.3) is 0 Å². The lowest BCUT2D eigenvalue weighted by Gasteiger charge is -2.28. The number of carbonyl (C=O) groups excluding carboxylic acids is 2. The van der Waals surface area contributed by atoms with Crippen LogP contribution in [0.5, 0.6) is 0 Å². The summed E-state index contributed by atoms with van der Waals surface area (Å²) in [6, 6.07) is -0.189. The third kappa shape index (κ3) is 3.41. The van der Waals surface area contributed by atoms with Gasteiger partial charge in [-0.1, -0.05) is 23.2 Å². The van der Waals surface area contributed by atoms with Crippen molar-refractivity contribution in [1.82, 2.24) is 10.6 Å². The van der Waals surface area contributed by atoms with E-state index in [1.54, 1.807) is 6.07 Å². The molecule has 6 nitrogen and oxygen atoms in total. The van der Waals surface area contributed by atoms with Crippen molar-refractivity contribution in [3.8, 4) is 0 Å². The van der Waals surface area contributed by atoms with Crippen LogP contribution < -0.4 is 10.6 Å². The number of halogens is 2. The molecular formula is C11H10Cl2N2O4S. The van der Waals surface area contributed by atoms with Crippen LogP contribution in [0.3, 0.4) is 0 Å². The lowest BCUT2D eigenvalue weighted by atomic mass is 10.0. The van der Waals surface area contributed by atoms with Crippen molar-refractivity contribution in [3.05, 3.63) is 20.3 Å². The Kier molecular flexibility index (Phi) is 4.52. The molecule has 0 radical (unpaired) electrons. The molecule has 0 spiro atoms. The molecule has 1 unspecified atom stereocenters. The molecule has 0 bridgehead atoms. The third-order valence-electron chi connectivity index (χ3n) is 2.80. The van der Waals surface area contributed by atoms with Crippen LogP contribution >= 0.6 is 34.5 Å². The minimum absolute atomic E-state index is 0.208. The van der Waals surface area contributed by atoms with Gasteiger partial charge >= 0.3 is 5.97 Å². The van der Waals surface area contributed by atoms with Gasteiger partial charge < -0.3 is 15.7 Å². The Morgan fingerprint density at radius 3 is 2.40 bits per heavy atom. The van der Waals surface area contributed by atoms with Crippen molar-refractivity contribution < 1.29 is 19.5 Å². The minimum atomic E-state index is -1.16. The number of carboxylic acids is 1. The van der Waals surface area contributed by atoms with Gasteiger partial charge in [-0.05, 0) is 11.6 Å². The second-order valence-electron chi connectivity index (χ2n) is 4.27. The van der Waals surface area contributed by atoms with Crippen molar-refractivity contribution in [3.63, 3.8) is 0 Å². The fourth-order valence-corrected chi connectivity index (χ4v) is 3.38. The molecule has 1 aromatic heterocycles. The Morgan fingerprint density at radius 2 is 1.85 bits per heavy atom. The summed E-state index contributed by atoms with van der Waals surface area (Å²) in [6.07, 6.45) is -0.241. The first-order valence-corrected chi connectivity index (χ1v) is 7.20. The van der Waals surface area contributed by atoms with Crippen LogP contribution in [-0.2, 0) is 20.8 Å². The van der Waals surface area contributed by atoms with Crippen molar-refractivity contribution in [2.24, 2.45) is 0 Å². The number of rotatable bonds is 4. The van der Waals surface area contributed by atoms with E-state index in [2.05, 4.69) is 10.6 Å². The Labute approximate surface area is 128 Å². The molecule has 108 valence electrons. The third-order valence-corrected chi connectivity index (χ3v) is 4.37. The first-order valence-electron chi connectivity index (χ1n) is 5.63. The highest BCUT2D eigenvalue weighted by atomic mass is 35.5. The van der Waals surface area contributed by atoms with E-state index in [4.69, 9.17) is 28.3 Å². The zero-order valence-corrected chi connectivity index (χ0v) is 12.3. The van der Waals surface area contributed by atoms with Crippen LogP contribution in [0, 0.1) is 0 Å². The fraction of sp³-hybridized carbons (Fsp3) is 0.364. The quantitative estimate of drug-likeness (QED) is 0.765. The summed E-state index contributed by atoms with van der Waals surface area (Å²) in [5, 5.41) is 13.5. The van der Waals surface area contributed by atoms with Gasteiger partial charge in [0.2, 0.25) is 11.8 Å². The summed E-state index contributed by atoms with van der Waals surface area (Å²) in [6.45, 7) is 0. The van der Waals surface area contributed by atoms with Gasteiger partial charge in [-0.3, -0.25) is 14.4 Å². The van der Waals surface area contributed by atoms with Crippen LogP contribution in [0.1, 0.15) is 12.0 Å². The molecule has 0 saturated carbocycles. The lowest BCUT2D eigenvalue weighted by Crippen LogP contribution is -2.62. The molecule has 2 heterocycles. The summed E-state index contributed by atoms with van der Waals surface area (Å²) in [5.74, 6) is -2.11. The second-order valence-corrected chi connectivity index (χ2v) is 6.56. The maximum absolute atomic E-state index is 11.9. The number of carbonyl (C=O) groups is 3. The monoisotopic (exact) mass is 336 g/mol. The fourth-order valence-electron chi connectivity index (χ4n) is 1.87. The van der Waals surface area contributed by atoms with E-state index < -0.39 is 36.3 Å². The number of nitrogens with one attached hydrogen (secondary N) is 2. The summed E-state index contributed by atoms with van der Waals surface area (Å²) >= 11 is 12.9. The Morgan fingerprint density at radius 1 is 1.25 bits per heavy atom. The van der Waals surface area contributed by atoms with Crippen molar-refractivity contribution in [2.45, 2.75) is 24.9 Å². The van der Waals surface area contributed by atoms with Gasteiger partial charge in [-0.15, -0.1) is 11.3 Å². The molecule has 2 atom stereocenters. The van der Waals surface area contributed by atoms with Crippen LogP contribution in [-0.4, -0.2) is 35.0 Å². The number of carboxylic acid groups (broad SMARTS) is 1. The molecule has 1 aliphatic heterocycles. The number of hydrogen-bond acceptors (Lipinski definition) is 4. The standard InChI is InChI=1S/C11H10Cl2N2O4S/c12-7-2-4(9(13)20-7)1-5-10(18)15-6(3-8(16)17)11(19)14-5/h2,5-6H,1,3H2,(H,14,19)(H,15,18)(H,16,17)/t5?,6-/m0/s1. The van der Waals surface area contributed by atoms with Gasteiger partial charge in [-0.25, -0.2) is 0 Å². The van der Waals surface area contributed by atoms with E-state index in [0.717, 1.165) is 0 Å². The van der Waals surface area contributed by atoms with E-state index in [9.17, 15) is 14.4 Å². The number of aliphatic carboxylic acids is 1. The maximum Gasteiger partial charge on any atom is 0.305 e. The molecule has 0 aliphatic carbocycles. The highest BCUT2D eigenvalue weighted by Gasteiger charge is 2.35. The van der Waals surface area contributed by atoms with Crippen LogP contribution in [0.25, 0.3) is 0 Å². The van der Waals surface area contributed by atoms with E-state index in [0.29, 0.717) is 14.2 Å². The molecule has 2 rings (SSSR count). The predicted molar refractivity (Wildman–Crippen MR) is 74.2 cm³/mol. The van der Waals surface area contributed by atoms with E-state index in [1.807, 2.05) is 0 Å². The average Bonchev–Trinajstić information content (AvgIpc) is 2.63. The van der Waals surface area contributed by atoms with E-state index >= 15 is 0 Å². The SMILES string of the molecule is O=C(O)C[C@@H]1NC(=O)C(Cc2cc(Cl)sc2Cl)NC1=O. The Balaban J connectivity index is 2.05. The van der Waals surface area contributed by atoms with E-state index in [1.165, 1.54) is 11.3 Å². The predicted octanol–water partition coefficient (Wildman–Crippen LogP) is 1.06. The lowest BCUT2D eigenvalue weighted by molar-refractivity contribution is -0.143. The van der Waals surface area contributed by atoms with Crippen molar-refractivity contribution >= 4 is 52.3 Å². The largest absolute Gasteiger partial charge is 0.481 e. The number of amides is 2. The normalized spacial score (nSPS) is 22.3. The van der Waals surface area contributed by atoms with Crippen molar-refractivity contribution in [2.75, 3.05) is 0 Å². The van der Waals surface area contributed by atoms with Gasteiger partial charge in [0.1, 0.15) is 12.1 Å². The second kappa shape index (κ2) is 5.99. The topological polar surface area (TPSA) is 95.5 Å². The zero-order chi connectivity index (χ0) is 14.9. The minimum Gasteiger partial charge on any atom is -0.481 e. The van der Waals surface area contributed by atoms with Gasteiger partial charge in [0, 0.05) is 6.42 Å². The molecule has 1 fully saturated rings. The van der Waals surface area contributed by atoms with Gasteiger partial charge in [0.15, 0.2) is 0 Å². The maximum atomic E-state index is 11.9. The molecule has 1 aliphatic rings. The average molecular weight is 337 g/mol. The molecule has 1 aromatic rings. The summed E-state index contributed by atoms with van der Waals surface area (Å²) in [7, 11) is 0. The Bertz CT molecular complexity index is 575. The van der Waals surface area contributed by atoms with Gasteiger partial charge in [0.05, 0.1) is 15.1 Å². The first kappa shape index (κ1) is 15.1. The smallest absolute Gasteiger partial charge is 0.305 e. The first-order chi connectivity index (χ1) is 9.36. The molecule has 0 aromatic carbocycles. The van der Waals surface area contributed by atoms with Gasteiger partial charge in [-0.2, -0.15) is 0 Å². The number of hydrogen-bond donors (Lipinski definition) is 3. The number of thiophene rings is 1. The summed E-state index contributed by atoms with van der Waals surface area (Å²) < 4.78 is 0.959. The van der Waals surface area contributed by atoms with Crippen LogP contribution in [0.15, 0.2) is 6.07 Å². The molecule has 3 N–H and O–H groups in total. The highest BCUT2D eigenvalue weighted by molar-refractivity contribution is 7.20. The molecule has 20 heavy (non-hydrogen) atoms. The molecule has 1 saturated heterocycles. The molecular weight excluding hydrogens is 327 g/mol. The van der Waals surface area contributed by atoms with E-state index in [-0.39, 0.29) is 6.42 Å². The van der Waals surface area contributed by atoms with Crippen LogP contribution in [0.2, 0.25) is 8.67 Å².